The fourth-order valence-corrected chi connectivity index (χ4v) is 5.16. The summed E-state index contributed by atoms with van der Waals surface area (Å²) in [4.78, 5) is 19.0. The number of nitrogens with zero attached hydrogens (tertiary/aromatic N) is 2. The second kappa shape index (κ2) is 10.8. The van der Waals surface area contributed by atoms with Crippen LogP contribution >= 0.6 is 28.1 Å². The molecule has 1 saturated heterocycles. The highest BCUT2D eigenvalue weighted by Crippen LogP contribution is 2.41. The lowest BCUT2D eigenvalue weighted by Crippen LogP contribution is -2.32. The molecule has 0 aliphatic carbocycles. The van der Waals surface area contributed by atoms with E-state index in [-0.39, 0.29) is 36.0 Å². The third-order valence-corrected chi connectivity index (χ3v) is 7.03. The number of rotatable bonds is 7. The molecule has 0 saturated carbocycles. The normalized spacial score (nSPS) is 17.1. The molecule has 1 aliphatic heterocycles. The average Bonchev–Trinajstić information content (AvgIpc) is 3.49. The Morgan fingerprint density at radius 3 is 2.59 bits per heavy atom. The molecule has 1 fully saturated rings. The summed E-state index contributed by atoms with van der Waals surface area (Å²) in [5.41, 5.74) is 1.99. The zero-order chi connectivity index (χ0) is 25.9. The smallest absolute Gasteiger partial charge is 0.226 e. The molecule has 37 heavy (non-hydrogen) atoms. The lowest BCUT2D eigenvalue weighted by atomic mass is 10.0. The summed E-state index contributed by atoms with van der Waals surface area (Å²) >= 11 is 9.05. The molecule has 0 bridgehead atoms. The Bertz CT molecular complexity index is 1430. The molecule has 0 radical (unpaired) electrons. The number of hydrogen-bond donors (Lipinski definition) is 2. The Labute approximate surface area is 225 Å². The number of aromatic nitrogens is 1. The van der Waals surface area contributed by atoms with Crippen LogP contribution in [0.4, 0.5) is 14.5 Å². The van der Waals surface area contributed by atoms with Gasteiger partial charge in [-0.3, -0.25) is 9.78 Å². The Morgan fingerprint density at radius 2 is 1.86 bits per heavy atom. The van der Waals surface area contributed by atoms with Gasteiger partial charge in [-0.2, -0.15) is 0 Å². The first-order chi connectivity index (χ1) is 17.9. The SMILES string of the molecule is O=C(CCN1C(=S)N[C@@H](c2ccccn2)[C@@H]1c1ccc(-c2ccc(F)cc2Br)o1)Nc1ccc(F)cc1. The first kappa shape index (κ1) is 25.0. The van der Waals surface area contributed by atoms with E-state index in [1.54, 1.807) is 12.3 Å². The number of benzene rings is 2. The van der Waals surface area contributed by atoms with Gasteiger partial charge in [0.25, 0.3) is 0 Å². The first-order valence-electron chi connectivity index (χ1n) is 11.5. The van der Waals surface area contributed by atoms with Gasteiger partial charge in [-0.15, -0.1) is 0 Å². The minimum absolute atomic E-state index is 0.141. The maximum atomic E-state index is 13.6. The summed E-state index contributed by atoms with van der Waals surface area (Å²) in [6, 6.07) is 18.6. The lowest BCUT2D eigenvalue weighted by Gasteiger charge is -2.25. The molecule has 0 spiro atoms. The lowest BCUT2D eigenvalue weighted by molar-refractivity contribution is -0.116. The fourth-order valence-electron chi connectivity index (χ4n) is 4.28. The molecule has 2 aromatic carbocycles. The van der Waals surface area contributed by atoms with Crippen LogP contribution in [0.3, 0.4) is 0 Å². The van der Waals surface area contributed by atoms with E-state index in [0.717, 1.165) is 5.69 Å². The van der Waals surface area contributed by atoms with Crippen molar-refractivity contribution in [3.8, 4) is 11.3 Å². The highest BCUT2D eigenvalue weighted by Gasteiger charge is 2.41. The standard InChI is InChI=1S/C27H21BrF2N4O2S/c28-20-15-17(30)6-9-19(20)22-10-11-23(36-22)26-25(21-3-1-2-13-31-21)33-27(37)34(26)14-12-24(35)32-18-7-4-16(29)5-8-18/h1-11,13,15,25-26H,12,14H2,(H,32,35)(H,33,37)/t25-,26-/m0/s1. The molecule has 0 unspecified atom stereocenters. The topological polar surface area (TPSA) is 70.4 Å². The van der Waals surface area contributed by atoms with Gasteiger partial charge in [0, 0.05) is 34.9 Å². The van der Waals surface area contributed by atoms with Crippen LogP contribution in [0.1, 0.15) is 30.0 Å². The van der Waals surface area contributed by atoms with Gasteiger partial charge in [-0.05, 0) is 94.9 Å². The minimum atomic E-state index is -0.381. The predicted molar refractivity (Wildman–Crippen MR) is 144 cm³/mol. The third kappa shape index (κ3) is 5.55. The zero-order valence-corrected chi connectivity index (χ0v) is 21.7. The van der Waals surface area contributed by atoms with E-state index in [1.165, 1.54) is 36.4 Å². The number of hydrogen-bond acceptors (Lipinski definition) is 4. The molecule has 6 nitrogen and oxygen atoms in total. The average molecular weight is 583 g/mol. The van der Waals surface area contributed by atoms with Crippen LogP contribution in [0, 0.1) is 11.6 Å². The summed E-state index contributed by atoms with van der Waals surface area (Å²) in [7, 11) is 0. The molecule has 1 amide bonds. The van der Waals surface area contributed by atoms with E-state index >= 15 is 0 Å². The van der Waals surface area contributed by atoms with E-state index in [0.29, 0.717) is 38.9 Å². The summed E-state index contributed by atoms with van der Waals surface area (Å²) in [5, 5.41) is 6.56. The minimum Gasteiger partial charge on any atom is -0.459 e. The molecule has 4 aromatic rings. The Hall–Kier alpha value is -3.63. The summed E-state index contributed by atoms with van der Waals surface area (Å²) in [5.74, 6) is 0.222. The molecule has 1 aliphatic rings. The van der Waals surface area contributed by atoms with Crippen molar-refractivity contribution in [1.82, 2.24) is 15.2 Å². The van der Waals surface area contributed by atoms with E-state index < -0.39 is 0 Å². The van der Waals surface area contributed by atoms with Crippen molar-refractivity contribution >= 4 is 44.9 Å². The van der Waals surface area contributed by atoms with Crippen molar-refractivity contribution in [1.29, 1.82) is 0 Å². The zero-order valence-electron chi connectivity index (χ0n) is 19.3. The van der Waals surface area contributed by atoms with Gasteiger partial charge in [0.2, 0.25) is 5.91 Å². The summed E-state index contributed by atoms with van der Waals surface area (Å²) < 4.78 is 33.6. The van der Waals surface area contributed by atoms with E-state index in [4.69, 9.17) is 16.6 Å². The van der Waals surface area contributed by atoms with Crippen LogP contribution in [0.15, 0.2) is 87.9 Å². The maximum absolute atomic E-state index is 13.6. The number of furan rings is 1. The van der Waals surface area contributed by atoms with Gasteiger partial charge in [0.15, 0.2) is 5.11 Å². The van der Waals surface area contributed by atoms with Crippen molar-refractivity contribution in [2.45, 2.75) is 18.5 Å². The van der Waals surface area contributed by atoms with Gasteiger partial charge in [0.1, 0.15) is 29.2 Å². The number of carbonyl (C=O) groups excluding carboxylic acids is 1. The predicted octanol–water partition coefficient (Wildman–Crippen LogP) is 6.38. The number of thiocarbonyl (C=S) groups is 1. The van der Waals surface area contributed by atoms with Gasteiger partial charge in [-0.25, -0.2) is 8.78 Å². The van der Waals surface area contributed by atoms with Gasteiger partial charge in [-0.1, -0.05) is 6.07 Å². The number of nitrogens with one attached hydrogen (secondary N) is 2. The van der Waals surface area contributed by atoms with Gasteiger partial charge >= 0.3 is 0 Å². The molecule has 188 valence electrons. The van der Waals surface area contributed by atoms with Crippen LogP contribution in [0.25, 0.3) is 11.3 Å². The van der Waals surface area contributed by atoms with Crippen molar-refractivity contribution in [3.63, 3.8) is 0 Å². The number of anilines is 1. The van der Waals surface area contributed by atoms with Crippen molar-refractivity contribution in [2.24, 2.45) is 0 Å². The number of amides is 1. The Balaban J connectivity index is 1.40. The van der Waals surface area contributed by atoms with Crippen LogP contribution in [-0.4, -0.2) is 27.4 Å². The van der Waals surface area contributed by atoms with Crippen LogP contribution in [0.5, 0.6) is 0 Å². The number of halogens is 3. The van der Waals surface area contributed by atoms with Crippen LogP contribution in [-0.2, 0) is 4.79 Å². The highest BCUT2D eigenvalue weighted by atomic mass is 79.9. The second-order valence-electron chi connectivity index (χ2n) is 8.45. The maximum Gasteiger partial charge on any atom is 0.226 e. The number of pyridine rings is 1. The van der Waals surface area contributed by atoms with Gasteiger partial charge < -0.3 is 20.0 Å². The first-order valence-corrected chi connectivity index (χ1v) is 12.7. The molecule has 10 heteroatoms. The third-order valence-electron chi connectivity index (χ3n) is 6.02. The highest BCUT2D eigenvalue weighted by molar-refractivity contribution is 9.10. The molecule has 3 heterocycles. The Kier molecular flexibility index (Phi) is 7.29. The quantitative estimate of drug-likeness (QED) is 0.246. The summed E-state index contributed by atoms with van der Waals surface area (Å²) in [6.45, 7) is 0.309. The molecule has 2 N–H and O–H groups in total. The van der Waals surface area contributed by atoms with Crippen LogP contribution < -0.4 is 10.6 Å². The van der Waals surface area contributed by atoms with E-state index in [9.17, 15) is 13.6 Å². The van der Waals surface area contributed by atoms with Crippen molar-refractivity contribution in [2.75, 3.05) is 11.9 Å². The Morgan fingerprint density at radius 1 is 1.08 bits per heavy atom. The fraction of sp³-hybridized carbons (Fsp3) is 0.148. The molecular formula is C27H21BrF2N4O2S. The monoisotopic (exact) mass is 582 g/mol. The van der Waals surface area contributed by atoms with E-state index in [1.807, 2.05) is 35.2 Å². The van der Waals surface area contributed by atoms with Gasteiger partial charge in [0.05, 0.1) is 11.7 Å². The van der Waals surface area contributed by atoms with Crippen LogP contribution in [0.2, 0.25) is 0 Å². The van der Waals surface area contributed by atoms with Crippen molar-refractivity contribution < 1.29 is 18.0 Å². The summed E-state index contributed by atoms with van der Waals surface area (Å²) in [6.07, 6.45) is 1.85. The van der Waals surface area contributed by atoms with Crippen molar-refractivity contribution in [3.05, 3.63) is 107 Å². The second-order valence-corrected chi connectivity index (χ2v) is 9.69. The molecule has 2 aromatic heterocycles. The largest absolute Gasteiger partial charge is 0.459 e. The number of carbonyl (C=O) groups is 1. The molecular weight excluding hydrogens is 562 g/mol. The molecule has 5 rings (SSSR count). The molecule has 2 atom stereocenters. The van der Waals surface area contributed by atoms with E-state index in [2.05, 4.69) is 31.5 Å².